The Kier molecular flexibility index (Phi) is 3.31. The maximum Gasteiger partial charge on any atom is 0.213 e. The molecule has 0 aliphatic rings. The number of nitrogens with one attached hydrogen (secondary N) is 1. The van der Waals surface area contributed by atoms with Crippen molar-refractivity contribution in [1.82, 2.24) is 15.2 Å². The van der Waals surface area contributed by atoms with Gasteiger partial charge in [0.2, 0.25) is 5.16 Å². The highest BCUT2D eigenvalue weighted by Gasteiger charge is 2.11. The van der Waals surface area contributed by atoms with Crippen molar-refractivity contribution < 1.29 is 8.42 Å². The van der Waals surface area contributed by atoms with E-state index < -0.39 is 9.84 Å². The van der Waals surface area contributed by atoms with Gasteiger partial charge in [0.05, 0.1) is 4.90 Å². The molecule has 0 unspecified atom stereocenters. The molecule has 0 spiro atoms. The van der Waals surface area contributed by atoms with Crippen molar-refractivity contribution in [3.63, 3.8) is 0 Å². The quantitative estimate of drug-likeness (QED) is 0.822. The van der Waals surface area contributed by atoms with E-state index in [1.807, 2.05) is 0 Å². The number of nitrogen functional groups attached to an aromatic ring is 1. The molecule has 0 saturated carbocycles. The lowest BCUT2D eigenvalue weighted by molar-refractivity contribution is 0.602. The first kappa shape index (κ1) is 12.9. The predicted octanol–water partition coefficient (Wildman–Crippen LogP) is 1.25. The number of aromatic nitrogens is 3. The van der Waals surface area contributed by atoms with Crippen LogP contribution in [0.25, 0.3) is 0 Å². The van der Waals surface area contributed by atoms with Crippen LogP contribution in [-0.4, -0.2) is 29.9 Å². The van der Waals surface area contributed by atoms with E-state index in [2.05, 4.69) is 15.2 Å². The molecule has 0 radical (unpaired) electrons. The summed E-state index contributed by atoms with van der Waals surface area (Å²) in [6, 6.07) is 4.62. The smallest absolute Gasteiger partial charge is 0.213 e. The number of anilines is 1. The molecule has 18 heavy (non-hydrogen) atoms. The molecule has 0 bridgehead atoms. The van der Waals surface area contributed by atoms with Crippen LogP contribution in [0.2, 0.25) is 0 Å². The van der Waals surface area contributed by atoms with Crippen molar-refractivity contribution in [3.05, 3.63) is 24.0 Å². The summed E-state index contributed by atoms with van der Waals surface area (Å²) in [5.74, 6) is 0.712. The van der Waals surface area contributed by atoms with Gasteiger partial charge in [-0.25, -0.2) is 13.4 Å². The molecule has 0 atom stereocenters. The highest BCUT2D eigenvalue weighted by Crippen LogP contribution is 2.31. The number of H-pyrrole nitrogens is 1. The average molecular weight is 284 g/mol. The SMILES string of the molecule is Cc1nc(Sc2ccc(S(C)(=O)=O)cc2N)n[nH]1. The summed E-state index contributed by atoms with van der Waals surface area (Å²) in [4.78, 5) is 5.07. The van der Waals surface area contributed by atoms with Gasteiger partial charge in [0.15, 0.2) is 9.84 Å². The first-order valence-electron chi connectivity index (χ1n) is 5.03. The summed E-state index contributed by atoms with van der Waals surface area (Å²) in [6.45, 7) is 1.80. The van der Waals surface area contributed by atoms with E-state index in [0.29, 0.717) is 16.7 Å². The number of hydrogen-bond donors (Lipinski definition) is 2. The van der Waals surface area contributed by atoms with Gasteiger partial charge in [-0.05, 0) is 36.9 Å². The van der Waals surface area contributed by atoms with Crippen LogP contribution in [0, 0.1) is 6.92 Å². The molecule has 2 rings (SSSR count). The third kappa shape index (κ3) is 2.82. The van der Waals surface area contributed by atoms with E-state index in [1.165, 1.54) is 23.9 Å². The molecule has 1 aromatic heterocycles. The largest absolute Gasteiger partial charge is 0.398 e. The Labute approximate surface area is 109 Å². The Morgan fingerprint density at radius 3 is 2.61 bits per heavy atom. The van der Waals surface area contributed by atoms with Crippen molar-refractivity contribution in [2.24, 2.45) is 0 Å². The number of aromatic amines is 1. The molecule has 0 fully saturated rings. The van der Waals surface area contributed by atoms with Crippen LogP contribution in [0.4, 0.5) is 5.69 Å². The fraction of sp³-hybridized carbons (Fsp3) is 0.200. The first-order chi connectivity index (χ1) is 8.36. The molecule has 1 heterocycles. The minimum absolute atomic E-state index is 0.204. The molecular weight excluding hydrogens is 272 g/mol. The minimum Gasteiger partial charge on any atom is -0.398 e. The van der Waals surface area contributed by atoms with E-state index in [4.69, 9.17) is 5.73 Å². The predicted molar refractivity (Wildman–Crippen MR) is 69.2 cm³/mol. The standard InChI is InChI=1S/C10H12N4O2S2/c1-6-12-10(14-13-6)17-9-4-3-7(5-8(9)11)18(2,15)16/h3-5H,11H2,1-2H3,(H,12,13,14). The Balaban J connectivity index is 2.31. The summed E-state index contributed by atoms with van der Waals surface area (Å²) in [6.07, 6.45) is 1.15. The lowest BCUT2D eigenvalue weighted by atomic mass is 10.3. The summed E-state index contributed by atoms with van der Waals surface area (Å²) in [7, 11) is -3.24. The van der Waals surface area contributed by atoms with Crippen LogP contribution >= 0.6 is 11.8 Å². The highest BCUT2D eigenvalue weighted by molar-refractivity contribution is 7.99. The molecular formula is C10H12N4O2S2. The van der Waals surface area contributed by atoms with E-state index in [1.54, 1.807) is 13.0 Å². The number of sulfone groups is 1. The first-order valence-corrected chi connectivity index (χ1v) is 7.73. The zero-order valence-corrected chi connectivity index (χ0v) is 11.5. The van der Waals surface area contributed by atoms with Crippen molar-refractivity contribution in [1.29, 1.82) is 0 Å². The lowest BCUT2D eigenvalue weighted by Crippen LogP contribution is -1.99. The Hall–Kier alpha value is -1.54. The number of rotatable bonds is 3. The maximum atomic E-state index is 11.4. The van der Waals surface area contributed by atoms with Gasteiger partial charge in [-0.15, -0.1) is 5.10 Å². The zero-order chi connectivity index (χ0) is 13.3. The minimum atomic E-state index is -3.24. The van der Waals surface area contributed by atoms with Crippen molar-refractivity contribution in [2.75, 3.05) is 12.0 Å². The van der Waals surface area contributed by atoms with Crippen molar-refractivity contribution >= 4 is 27.3 Å². The molecule has 0 saturated heterocycles. The Morgan fingerprint density at radius 1 is 1.39 bits per heavy atom. The van der Waals surface area contributed by atoms with E-state index in [9.17, 15) is 8.42 Å². The molecule has 1 aromatic carbocycles. The van der Waals surface area contributed by atoms with Crippen LogP contribution in [0.1, 0.15) is 5.82 Å². The molecule has 8 heteroatoms. The van der Waals surface area contributed by atoms with Gasteiger partial charge < -0.3 is 5.73 Å². The summed E-state index contributed by atoms with van der Waals surface area (Å²) >= 11 is 1.28. The summed E-state index contributed by atoms with van der Waals surface area (Å²) < 4.78 is 22.7. The molecule has 6 nitrogen and oxygen atoms in total. The van der Waals surface area contributed by atoms with Crippen LogP contribution in [-0.2, 0) is 9.84 Å². The Morgan fingerprint density at radius 2 is 2.11 bits per heavy atom. The molecule has 0 aliphatic carbocycles. The van der Waals surface area contributed by atoms with Gasteiger partial charge in [-0.3, -0.25) is 5.10 Å². The number of nitrogens with zero attached hydrogens (tertiary/aromatic N) is 2. The molecule has 3 N–H and O–H groups in total. The van der Waals surface area contributed by atoms with Gasteiger partial charge in [0.1, 0.15) is 5.82 Å². The second-order valence-electron chi connectivity index (χ2n) is 3.78. The zero-order valence-electron chi connectivity index (χ0n) is 9.84. The monoisotopic (exact) mass is 284 g/mol. The van der Waals surface area contributed by atoms with Crippen LogP contribution in [0.3, 0.4) is 0 Å². The topological polar surface area (TPSA) is 102 Å². The van der Waals surface area contributed by atoms with Crippen molar-refractivity contribution in [3.8, 4) is 0 Å². The average Bonchev–Trinajstić information content (AvgIpc) is 2.65. The van der Waals surface area contributed by atoms with Gasteiger partial charge in [-0.1, -0.05) is 0 Å². The number of aryl methyl sites for hydroxylation is 1. The molecule has 0 amide bonds. The van der Waals surface area contributed by atoms with Gasteiger partial charge in [-0.2, -0.15) is 0 Å². The molecule has 96 valence electrons. The second kappa shape index (κ2) is 4.62. The van der Waals surface area contributed by atoms with E-state index >= 15 is 0 Å². The number of benzene rings is 1. The Bertz CT molecular complexity index is 679. The number of nitrogens with two attached hydrogens (primary N) is 1. The fourth-order valence-corrected chi connectivity index (χ4v) is 2.76. The van der Waals surface area contributed by atoms with Crippen LogP contribution in [0.15, 0.2) is 33.1 Å². The summed E-state index contributed by atoms with van der Waals surface area (Å²) in [5, 5.41) is 7.25. The van der Waals surface area contributed by atoms with Gasteiger partial charge >= 0.3 is 0 Å². The maximum absolute atomic E-state index is 11.4. The lowest BCUT2D eigenvalue weighted by Gasteiger charge is -2.05. The van der Waals surface area contributed by atoms with Crippen LogP contribution in [0.5, 0.6) is 0 Å². The normalized spacial score (nSPS) is 11.7. The fourth-order valence-electron chi connectivity index (χ4n) is 1.32. The number of hydrogen-bond acceptors (Lipinski definition) is 6. The molecule has 2 aromatic rings. The van der Waals surface area contributed by atoms with Crippen LogP contribution < -0.4 is 5.73 Å². The third-order valence-corrected chi connectivity index (χ3v) is 4.25. The summed E-state index contributed by atoms with van der Waals surface area (Å²) in [5.41, 5.74) is 6.22. The van der Waals surface area contributed by atoms with E-state index in [-0.39, 0.29) is 4.90 Å². The highest BCUT2D eigenvalue weighted by atomic mass is 32.2. The molecule has 0 aliphatic heterocycles. The van der Waals surface area contributed by atoms with Crippen molar-refractivity contribution in [2.45, 2.75) is 21.9 Å². The van der Waals surface area contributed by atoms with Gasteiger partial charge in [0.25, 0.3) is 0 Å². The third-order valence-electron chi connectivity index (χ3n) is 2.19. The van der Waals surface area contributed by atoms with Gasteiger partial charge in [0, 0.05) is 16.8 Å². The van der Waals surface area contributed by atoms with E-state index in [0.717, 1.165) is 11.2 Å². The second-order valence-corrected chi connectivity index (χ2v) is 6.80.